The van der Waals surface area contributed by atoms with E-state index in [0.29, 0.717) is 13.1 Å². The quantitative estimate of drug-likeness (QED) is 0.647. The molecule has 0 radical (unpaired) electrons. The predicted octanol–water partition coefficient (Wildman–Crippen LogP) is -0.526. The van der Waals surface area contributed by atoms with Crippen LogP contribution in [0.2, 0.25) is 0 Å². The van der Waals surface area contributed by atoms with E-state index in [-0.39, 0.29) is 12.5 Å². The number of urea groups is 1. The van der Waals surface area contributed by atoms with E-state index >= 15 is 0 Å². The lowest BCUT2D eigenvalue weighted by molar-refractivity contribution is -0.144. The lowest BCUT2D eigenvalue weighted by atomic mass is 9.98. The summed E-state index contributed by atoms with van der Waals surface area (Å²) in [6, 6.07) is -0.493. The zero-order valence-electron chi connectivity index (χ0n) is 12.8. The van der Waals surface area contributed by atoms with Gasteiger partial charge in [0.05, 0.1) is 12.0 Å². The number of likely N-dealkylation sites (N-methyl/N-ethyl adjacent to an activating group) is 1. The summed E-state index contributed by atoms with van der Waals surface area (Å²) in [4.78, 5) is 37.8. The fourth-order valence-corrected chi connectivity index (χ4v) is 2.32. The molecule has 1 unspecified atom stereocenters. The maximum atomic E-state index is 12.2. The molecule has 1 rings (SSSR count). The molecule has 0 aliphatic carbocycles. The summed E-state index contributed by atoms with van der Waals surface area (Å²) in [7, 11) is 1.68. The number of carboxylic acid groups (broad SMARTS) is 1. The monoisotopic (exact) mass is 301 g/mol. The molecule has 1 saturated heterocycles. The summed E-state index contributed by atoms with van der Waals surface area (Å²) in [6.07, 6.45) is -0.474. The number of carbonyl (C=O) groups is 3. The number of nitrogens with one attached hydrogen (secondary N) is 1. The van der Waals surface area contributed by atoms with Crippen molar-refractivity contribution < 1.29 is 24.6 Å². The Hall–Kier alpha value is -1.83. The molecule has 21 heavy (non-hydrogen) atoms. The van der Waals surface area contributed by atoms with E-state index in [1.165, 1.54) is 11.8 Å². The first kappa shape index (κ1) is 17.2. The highest BCUT2D eigenvalue weighted by Gasteiger charge is 2.43. The van der Waals surface area contributed by atoms with Gasteiger partial charge >= 0.3 is 12.0 Å². The van der Waals surface area contributed by atoms with E-state index in [2.05, 4.69) is 5.32 Å². The third-order valence-corrected chi connectivity index (χ3v) is 3.60. The summed E-state index contributed by atoms with van der Waals surface area (Å²) in [6.45, 7) is 5.25. The van der Waals surface area contributed by atoms with Crippen LogP contribution in [0.5, 0.6) is 0 Å². The average molecular weight is 301 g/mol. The van der Waals surface area contributed by atoms with Gasteiger partial charge in [-0.15, -0.1) is 0 Å². The summed E-state index contributed by atoms with van der Waals surface area (Å²) < 4.78 is 0. The number of hydrogen-bond donors (Lipinski definition) is 3. The molecule has 0 saturated carbocycles. The Bertz CT molecular complexity index is 447. The predicted molar refractivity (Wildman–Crippen MR) is 74.7 cm³/mol. The number of piperazine rings is 1. The third kappa shape index (κ3) is 4.07. The van der Waals surface area contributed by atoms with E-state index in [1.54, 1.807) is 25.8 Å². The summed E-state index contributed by atoms with van der Waals surface area (Å²) >= 11 is 0. The number of carbonyl (C=O) groups excluding carboxylic acids is 2. The molecule has 0 aromatic carbocycles. The van der Waals surface area contributed by atoms with Crippen LogP contribution in [0.3, 0.4) is 0 Å². The van der Waals surface area contributed by atoms with Gasteiger partial charge in [0.1, 0.15) is 5.54 Å². The van der Waals surface area contributed by atoms with Crippen molar-refractivity contribution in [1.29, 1.82) is 0 Å². The van der Waals surface area contributed by atoms with Crippen LogP contribution in [0, 0.1) is 0 Å². The summed E-state index contributed by atoms with van der Waals surface area (Å²) in [5, 5.41) is 21.0. The zero-order chi connectivity index (χ0) is 16.4. The molecule has 0 aromatic heterocycles. The van der Waals surface area contributed by atoms with E-state index in [9.17, 15) is 19.5 Å². The fourth-order valence-electron chi connectivity index (χ4n) is 2.32. The standard InChI is InChI=1S/C13H23N3O5/c1-12(2)10(19)15(4)5-6-16(12)11(20)14-8-13(3,21)7-9(17)18/h21H,5-8H2,1-4H3,(H,14,20)(H,17,18). The van der Waals surface area contributed by atoms with Crippen molar-refractivity contribution >= 4 is 17.9 Å². The SMILES string of the molecule is CN1CCN(C(=O)NCC(C)(O)CC(=O)O)C(C)(C)C1=O. The third-order valence-electron chi connectivity index (χ3n) is 3.60. The highest BCUT2D eigenvalue weighted by molar-refractivity contribution is 5.91. The molecule has 0 spiro atoms. The van der Waals surface area contributed by atoms with Gasteiger partial charge in [0.15, 0.2) is 0 Å². The highest BCUT2D eigenvalue weighted by Crippen LogP contribution is 2.21. The van der Waals surface area contributed by atoms with Gasteiger partial charge in [-0.3, -0.25) is 9.59 Å². The number of amides is 3. The van der Waals surface area contributed by atoms with Crippen molar-refractivity contribution in [1.82, 2.24) is 15.1 Å². The van der Waals surface area contributed by atoms with Crippen LogP contribution < -0.4 is 5.32 Å². The maximum absolute atomic E-state index is 12.2. The molecule has 8 nitrogen and oxygen atoms in total. The van der Waals surface area contributed by atoms with Gasteiger partial charge < -0.3 is 25.3 Å². The number of hydrogen-bond acceptors (Lipinski definition) is 4. The minimum atomic E-state index is -1.54. The lowest BCUT2D eigenvalue weighted by Crippen LogP contribution is -2.65. The number of carboxylic acids is 1. The number of rotatable bonds is 4. The van der Waals surface area contributed by atoms with Crippen LogP contribution >= 0.6 is 0 Å². The molecule has 3 N–H and O–H groups in total. The Balaban J connectivity index is 2.68. The molecule has 1 heterocycles. The second-order valence-corrected chi connectivity index (χ2v) is 6.16. The van der Waals surface area contributed by atoms with E-state index in [0.717, 1.165) is 0 Å². The second-order valence-electron chi connectivity index (χ2n) is 6.16. The smallest absolute Gasteiger partial charge is 0.318 e. The molecule has 0 aromatic rings. The van der Waals surface area contributed by atoms with E-state index < -0.39 is 29.6 Å². The number of aliphatic carboxylic acids is 1. The molecule has 3 amide bonds. The maximum Gasteiger partial charge on any atom is 0.318 e. The Morgan fingerprint density at radius 3 is 2.48 bits per heavy atom. The highest BCUT2D eigenvalue weighted by atomic mass is 16.4. The van der Waals surface area contributed by atoms with Crippen LogP contribution in [0.1, 0.15) is 27.2 Å². The van der Waals surface area contributed by atoms with Gasteiger partial charge in [0.25, 0.3) is 0 Å². The van der Waals surface area contributed by atoms with Gasteiger partial charge in [-0.1, -0.05) is 0 Å². The molecular formula is C13H23N3O5. The van der Waals surface area contributed by atoms with Crippen molar-refractivity contribution in [2.45, 2.75) is 38.3 Å². The van der Waals surface area contributed by atoms with E-state index in [4.69, 9.17) is 5.11 Å². The van der Waals surface area contributed by atoms with Crippen molar-refractivity contribution in [3.8, 4) is 0 Å². The minimum Gasteiger partial charge on any atom is -0.481 e. The second kappa shape index (κ2) is 5.88. The molecule has 8 heteroatoms. The van der Waals surface area contributed by atoms with Crippen molar-refractivity contribution in [2.75, 3.05) is 26.7 Å². The lowest BCUT2D eigenvalue weighted by Gasteiger charge is -2.44. The van der Waals surface area contributed by atoms with Crippen LogP contribution in [0.4, 0.5) is 4.79 Å². The Morgan fingerprint density at radius 2 is 1.95 bits per heavy atom. The van der Waals surface area contributed by atoms with Crippen LogP contribution in [-0.2, 0) is 9.59 Å². The van der Waals surface area contributed by atoms with Crippen molar-refractivity contribution in [3.63, 3.8) is 0 Å². The van der Waals surface area contributed by atoms with Gasteiger partial charge in [0.2, 0.25) is 5.91 Å². The topological polar surface area (TPSA) is 110 Å². The van der Waals surface area contributed by atoms with Crippen molar-refractivity contribution in [3.05, 3.63) is 0 Å². The Kier molecular flexibility index (Phi) is 4.83. The van der Waals surface area contributed by atoms with Crippen LogP contribution in [0.25, 0.3) is 0 Å². The molecule has 1 fully saturated rings. The average Bonchev–Trinajstić information content (AvgIpc) is 2.32. The first-order valence-electron chi connectivity index (χ1n) is 6.72. The van der Waals surface area contributed by atoms with Crippen molar-refractivity contribution in [2.24, 2.45) is 0 Å². The number of nitrogens with zero attached hydrogens (tertiary/aromatic N) is 2. The zero-order valence-corrected chi connectivity index (χ0v) is 12.8. The molecule has 1 aliphatic rings. The van der Waals surface area contributed by atoms with Crippen LogP contribution in [-0.4, -0.2) is 75.7 Å². The summed E-state index contributed by atoms with van der Waals surface area (Å²) in [5.41, 5.74) is -2.52. The minimum absolute atomic E-state index is 0.166. The van der Waals surface area contributed by atoms with Gasteiger partial charge in [0, 0.05) is 26.7 Å². The normalized spacial score (nSPS) is 20.9. The summed E-state index contributed by atoms with van der Waals surface area (Å²) in [5.74, 6) is -1.31. The molecule has 1 atom stereocenters. The molecule has 0 bridgehead atoms. The van der Waals surface area contributed by atoms with Gasteiger partial charge in [-0.25, -0.2) is 4.79 Å². The molecular weight excluding hydrogens is 278 g/mol. The Labute approximate surface area is 123 Å². The number of aliphatic hydroxyl groups is 1. The Morgan fingerprint density at radius 1 is 1.38 bits per heavy atom. The fraction of sp³-hybridized carbons (Fsp3) is 0.769. The first-order chi connectivity index (χ1) is 9.47. The van der Waals surface area contributed by atoms with Gasteiger partial charge in [-0.05, 0) is 20.8 Å². The van der Waals surface area contributed by atoms with Gasteiger partial charge in [-0.2, -0.15) is 0 Å². The van der Waals surface area contributed by atoms with Crippen LogP contribution in [0.15, 0.2) is 0 Å². The first-order valence-corrected chi connectivity index (χ1v) is 6.72. The molecule has 1 aliphatic heterocycles. The molecule has 120 valence electrons. The largest absolute Gasteiger partial charge is 0.481 e. The van der Waals surface area contributed by atoms with E-state index in [1.807, 2.05) is 0 Å².